The summed E-state index contributed by atoms with van der Waals surface area (Å²) in [7, 11) is 0. The van der Waals surface area contributed by atoms with Crippen molar-refractivity contribution in [2.45, 2.75) is 25.8 Å². The minimum Gasteiger partial charge on any atom is -0.460 e. The highest BCUT2D eigenvalue weighted by atomic mass is 16.3. The second-order valence-corrected chi connectivity index (χ2v) is 3.69. The first kappa shape index (κ1) is 7.39. The van der Waals surface area contributed by atoms with Gasteiger partial charge < -0.3 is 9.73 Å². The first-order valence-electron chi connectivity index (χ1n) is 4.97. The zero-order valence-corrected chi connectivity index (χ0v) is 7.60. The van der Waals surface area contributed by atoms with Gasteiger partial charge in [0.1, 0.15) is 11.2 Å². The Morgan fingerprint density at radius 3 is 3.15 bits per heavy atom. The molecule has 0 bridgehead atoms. The van der Waals surface area contributed by atoms with Crippen molar-refractivity contribution in [3.05, 3.63) is 22.0 Å². The van der Waals surface area contributed by atoms with Crippen molar-refractivity contribution in [2.24, 2.45) is 0 Å². The predicted molar refractivity (Wildman–Crippen MR) is 51.5 cm³/mol. The Kier molecular flexibility index (Phi) is 1.56. The van der Waals surface area contributed by atoms with E-state index in [1.165, 1.54) is 17.2 Å². The minimum absolute atomic E-state index is 0.907. The van der Waals surface area contributed by atoms with Gasteiger partial charge in [-0.1, -0.05) is 6.08 Å². The third kappa shape index (κ3) is 1.05. The lowest BCUT2D eigenvalue weighted by molar-refractivity contribution is 0.442. The van der Waals surface area contributed by atoms with Crippen LogP contribution < -0.4 is 16.0 Å². The van der Waals surface area contributed by atoms with E-state index in [1.807, 2.05) is 0 Å². The summed E-state index contributed by atoms with van der Waals surface area (Å²) in [6.07, 6.45) is 7.97. The van der Waals surface area contributed by atoms with Gasteiger partial charge in [-0.15, -0.1) is 0 Å². The van der Waals surface area contributed by atoms with Crippen LogP contribution in [0.3, 0.4) is 0 Å². The number of fused-ring (bicyclic) bond motifs is 3. The molecule has 0 unspecified atom stereocenters. The van der Waals surface area contributed by atoms with Crippen LogP contribution in [0.4, 0.5) is 0 Å². The molecule has 0 spiro atoms. The second kappa shape index (κ2) is 2.74. The Labute approximate surface area is 76.9 Å². The van der Waals surface area contributed by atoms with Crippen LogP contribution >= 0.6 is 0 Å². The number of furan rings is 1. The molecule has 13 heavy (non-hydrogen) atoms. The maximum atomic E-state index is 5.78. The number of nitrogens with one attached hydrogen (secondary N) is 1. The summed E-state index contributed by atoms with van der Waals surface area (Å²) in [5.41, 5.74) is 2.56. The molecule has 2 heteroatoms. The summed E-state index contributed by atoms with van der Waals surface area (Å²) in [6.45, 7) is 2.00. The highest BCUT2D eigenvalue weighted by molar-refractivity contribution is 5.40. The highest BCUT2D eigenvalue weighted by Crippen LogP contribution is 2.09. The van der Waals surface area contributed by atoms with Crippen molar-refractivity contribution in [1.82, 2.24) is 5.32 Å². The molecule has 1 N–H and O–H groups in total. The Bertz CT molecular complexity index is 441. The van der Waals surface area contributed by atoms with Gasteiger partial charge in [-0.05, 0) is 31.9 Å². The second-order valence-electron chi connectivity index (χ2n) is 3.69. The molecule has 0 saturated carbocycles. The van der Waals surface area contributed by atoms with E-state index in [9.17, 15) is 0 Å². The molecule has 0 aromatic carbocycles. The van der Waals surface area contributed by atoms with Crippen molar-refractivity contribution in [1.29, 1.82) is 0 Å². The van der Waals surface area contributed by atoms with Crippen LogP contribution in [-0.4, -0.2) is 6.54 Å². The van der Waals surface area contributed by atoms with Gasteiger partial charge in [0.05, 0.1) is 6.54 Å². The molecular formula is C11H13NO. The van der Waals surface area contributed by atoms with E-state index in [4.69, 9.17) is 4.42 Å². The summed E-state index contributed by atoms with van der Waals surface area (Å²) in [6, 6.07) is 0. The average molecular weight is 175 g/mol. The van der Waals surface area contributed by atoms with Crippen molar-refractivity contribution in [3.63, 3.8) is 0 Å². The Morgan fingerprint density at radius 2 is 2.15 bits per heavy atom. The first-order chi connectivity index (χ1) is 6.45. The molecule has 0 radical (unpaired) electrons. The van der Waals surface area contributed by atoms with Crippen LogP contribution in [0.5, 0.6) is 0 Å². The van der Waals surface area contributed by atoms with Crippen molar-refractivity contribution in [2.75, 3.05) is 6.54 Å². The number of hydrogen-bond acceptors (Lipinski definition) is 2. The maximum absolute atomic E-state index is 5.78. The molecule has 0 fully saturated rings. The van der Waals surface area contributed by atoms with E-state index in [0.717, 1.165) is 37.1 Å². The van der Waals surface area contributed by atoms with E-state index in [2.05, 4.69) is 17.5 Å². The molecule has 0 amide bonds. The lowest BCUT2D eigenvalue weighted by atomic mass is 10.0. The number of hydrogen-bond donors (Lipinski definition) is 1. The lowest BCUT2D eigenvalue weighted by Gasteiger charge is -2.10. The van der Waals surface area contributed by atoms with Crippen molar-refractivity contribution >= 4 is 12.2 Å². The van der Waals surface area contributed by atoms with Gasteiger partial charge in [0.15, 0.2) is 0 Å². The molecule has 1 aliphatic carbocycles. The number of rotatable bonds is 0. The summed E-state index contributed by atoms with van der Waals surface area (Å²) in [5, 5.41) is 4.71. The topological polar surface area (TPSA) is 25.2 Å². The Balaban J connectivity index is 2.33. The molecule has 68 valence electrons. The van der Waals surface area contributed by atoms with Gasteiger partial charge in [-0.25, -0.2) is 0 Å². The fraction of sp³-hybridized carbons (Fsp3) is 0.455. The fourth-order valence-corrected chi connectivity index (χ4v) is 2.20. The normalized spacial score (nSPS) is 19.7. The molecule has 3 rings (SSSR count). The van der Waals surface area contributed by atoms with E-state index >= 15 is 0 Å². The molecule has 1 aromatic rings. The summed E-state index contributed by atoms with van der Waals surface area (Å²) in [5.74, 6) is 1.16. The van der Waals surface area contributed by atoms with Gasteiger partial charge in [0.25, 0.3) is 0 Å². The van der Waals surface area contributed by atoms with Gasteiger partial charge in [0.2, 0.25) is 0 Å². The molecular weight excluding hydrogens is 162 g/mol. The van der Waals surface area contributed by atoms with Crippen molar-refractivity contribution < 1.29 is 4.42 Å². The van der Waals surface area contributed by atoms with Crippen LogP contribution in [0.25, 0.3) is 12.2 Å². The lowest BCUT2D eigenvalue weighted by Crippen LogP contribution is -2.29. The molecule has 0 saturated heterocycles. The van der Waals surface area contributed by atoms with Gasteiger partial charge in [-0.2, -0.15) is 0 Å². The first-order valence-corrected chi connectivity index (χ1v) is 4.97. The third-order valence-corrected chi connectivity index (χ3v) is 2.84. The third-order valence-electron chi connectivity index (χ3n) is 2.84. The predicted octanol–water partition coefficient (Wildman–Crippen LogP) is 0.280. The van der Waals surface area contributed by atoms with E-state index in [1.54, 1.807) is 0 Å². The van der Waals surface area contributed by atoms with Crippen LogP contribution in [0, 0.1) is 0 Å². The molecule has 2 heterocycles. The van der Waals surface area contributed by atoms with Crippen LogP contribution in [0.15, 0.2) is 4.42 Å². The monoisotopic (exact) mass is 175 g/mol. The van der Waals surface area contributed by atoms with Gasteiger partial charge in [0, 0.05) is 10.8 Å². The van der Waals surface area contributed by atoms with E-state index < -0.39 is 0 Å². The standard InChI is InChI=1S/C11H13NO/c1-2-4-10-8(3-1)9-5-6-12-7-11(9)13-10/h3-4,12H,1-2,5-7H2. The molecule has 2 nitrogen and oxygen atoms in total. The molecule has 1 aromatic heterocycles. The smallest absolute Gasteiger partial charge is 0.130 e. The van der Waals surface area contributed by atoms with E-state index in [-0.39, 0.29) is 0 Å². The van der Waals surface area contributed by atoms with Gasteiger partial charge in [-0.3, -0.25) is 0 Å². The highest BCUT2D eigenvalue weighted by Gasteiger charge is 2.15. The SMILES string of the molecule is C1=c2oc3c(c2=CCC1)CCNC3. The van der Waals surface area contributed by atoms with Crippen LogP contribution in [-0.2, 0) is 13.0 Å². The summed E-state index contributed by atoms with van der Waals surface area (Å²) in [4.78, 5) is 0. The molecule has 2 aliphatic rings. The Morgan fingerprint density at radius 1 is 1.23 bits per heavy atom. The van der Waals surface area contributed by atoms with Crippen molar-refractivity contribution in [3.8, 4) is 0 Å². The van der Waals surface area contributed by atoms with Crippen LogP contribution in [0.1, 0.15) is 24.2 Å². The largest absolute Gasteiger partial charge is 0.460 e. The average Bonchev–Trinajstić information content (AvgIpc) is 2.56. The fourth-order valence-electron chi connectivity index (χ4n) is 2.20. The quantitative estimate of drug-likeness (QED) is 0.612. The van der Waals surface area contributed by atoms with Crippen LogP contribution in [0.2, 0.25) is 0 Å². The van der Waals surface area contributed by atoms with Gasteiger partial charge >= 0.3 is 0 Å². The summed E-state index contributed by atoms with van der Waals surface area (Å²) >= 11 is 0. The molecule has 0 atom stereocenters. The zero-order valence-electron chi connectivity index (χ0n) is 7.60. The minimum atomic E-state index is 0.907. The Hall–Kier alpha value is -1.02. The molecule has 1 aliphatic heterocycles. The zero-order chi connectivity index (χ0) is 8.67. The summed E-state index contributed by atoms with van der Waals surface area (Å²) < 4.78 is 5.78. The maximum Gasteiger partial charge on any atom is 0.130 e. The van der Waals surface area contributed by atoms with E-state index in [0.29, 0.717) is 0 Å².